The molecule has 0 spiro atoms. The van der Waals surface area contributed by atoms with Crippen LogP contribution in [0.3, 0.4) is 0 Å². The Kier molecular flexibility index (Phi) is 8.57. The number of nitrogens with one attached hydrogen (secondary N) is 2. The monoisotopic (exact) mass is 568 g/mol. The summed E-state index contributed by atoms with van der Waals surface area (Å²) in [4.78, 5) is 3.99. The molecule has 0 saturated heterocycles. The second-order valence-corrected chi connectivity index (χ2v) is 8.83. The fourth-order valence-corrected chi connectivity index (χ4v) is 4.70. The Morgan fingerprint density at radius 2 is 1.87 bits per heavy atom. The molecule has 3 rings (SSSR count). The van der Waals surface area contributed by atoms with E-state index >= 15 is 0 Å². The van der Waals surface area contributed by atoms with Crippen molar-refractivity contribution < 1.29 is 21.6 Å². The third-order valence-electron chi connectivity index (χ3n) is 4.77. The number of benzene rings is 2. The summed E-state index contributed by atoms with van der Waals surface area (Å²) in [5, 5.41) is 5.80. The molecule has 0 amide bonds. The molecule has 0 bridgehead atoms. The molecule has 0 aliphatic carbocycles. The molecule has 1 aliphatic heterocycles. The molecule has 0 radical (unpaired) electrons. The predicted octanol–water partition coefficient (Wildman–Crippen LogP) is 3.38. The molecule has 6 nitrogen and oxygen atoms in total. The van der Waals surface area contributed by atoms with Gasteiger partial charge in [0.25, 0.3) is 0 Å². The van der Waals surface area contributed by atoms with Gasteiger partial charge in [-0.3, -0.25) is 9.30 Å². The quantitative estimate of drug-likeness (QED) is 0.319. The van der Waals surface area contributed by atoms with Gasteiger partial charge in [0, 0.05) is 26.7 Å². The number of aliphatic imine (C=N–C) groups is 1. The SMILES string of the molecule is CN=C(NCCS(=O)(=O)N1CCc2ccccc21)NCc1cccc(C(F)(F)F)c1.I. The number of guanidine groups is 1. The van der Waals surface area contributed by atoms with E-state index in [1.165, 1.54) is 17.4 Å². The van der Waals surface area contributed by atoms with Crippen LogP contribution in [-0.2, 0) is 29.2 Å². The van der Waals surface area contributed by atoms with Gasteiger partial charge in [0.1, 0.15) is 0 Å². The van der Waals surface area contributed by atoms with E-state index < -0.39 is 21.8 Å². The molecule has 2 aromatic rings. The summed E-state index contributed by atoms with van der Waals surface area (Å²) in [6.45, 7) is 0.656. The Labute approximate surface area is 197 Å². The predicted molar refractivity (Wildman–Crippen MR) is 126 cm³/mol. The molecule has 0 saturated carbocycles. The summed E-state index contributed by atoms with van der Waals surface area (Å²) in [5.74, 6) is 0.176. The van der Waals surface area contributed by atoms with Crippen molar-refractivity contribution in [3.05, 3.63) is 65.2 Å². The maximum atomic E-state index is 12.8. The Bertz CT molecular complexity index is 1030. The average molecular weight is 568 g/mol. The number of alkyl halides is 3. The first-order chi connectivity index (χ1) is 14.2. The molecule has 0 fully saturated rings. The van der Waals surface area contributed by atoms with Gasteiger partial charge < -0.3 is 10.6 Å². The number of anilines is 1. The second kappa shape index (κ2) is 10.5. The highest BCUT2D eigenvalue weighted by Crippen LogP contribution is 2.30. The molecule has 11 heteroatoms. The van der Waals surface area contributed by atoms with Crippen LogP contribution in [0.1, 0.15) is 16.7 Å². The van der Waals surface area contributed by atoms with E-state index in [-0.39, 0.29) is 42.8 Å². The van der Waals surface area contributed by atoms with Crippen LogP contribution < -0.4 is 14.9 Å². The highest BCUT2D eigenvalue weighted by atomic mass is 127. The van der Waals surface area contributed by atoms with Crippen molar-refractivity contribution in [1.29, 1.82) is 0 Å². The fraction of sp³-hybridized carbons (Fsp3) is 0.350. The van der Waals surface area contributed by atoms with E-state index in [4.69, 9.17) is 0 Å². The molecule has 2 N–H and O–H groups in total. The Balaban J connectivity index is 0.00000341. The molecule has 0 unspecified atom stereocenters. The van der Waals surface area contributed by atoms with Crippen molar-refractivity contribution in [1.82, 2.24) is 10.6 Å². The van der Waals surface area contributed by atoms with Crippen LogP contribution in [0.2, 0.25) is 0 Å². The molecule has 1 heterocycles. The Hall–Kier alpha value is -2.02. The van der Waals surface area contributed by atoms with E-state index in [0.717, 1.165) is 17.7 Å². The third kappa shape index (κ3) is 6.48. The molecule has 2 aromatic carbocycles. The van der Waals surface area contributed by atoms with Crippen LogP contribution in [0, 0.1) is 0 Å². The summed E-state index contributed by atoms with van der Waals surface area (Å²) in [7, 11) is -2.00. The van der Waals surface area contributed by atoms with Gasteiger partial charge in [-0.2, -0.15) is 13.2 Å². The van der Waals surface area contributed by atoms with Gasteiger partial charge in [-0.1, -0.05) is 30.3 Å². The normalized spacial score (nSPS) is 14.1. The number of fused-ring (bicyclic) bond motifs is 1. The maximum Gasteiger partial charge on any atom is 0.416 e. The van der Waals surface area contributed by atoms with Crippen molar-refractivity contribution >= 4 is 45.6 Å². The van der Waals surface area contributed by atoms with Crippen molar-refractivity contribution in [2.45, 2.75) is 19.1 Å². The van der Waals surface area contributed by atoms with E-state index in [0.29, 0.717) is 30.2 Å². The first kappa shape index (κ1) is 25.2. The molecular weight excluding hydrogens is 544 g/mol. The van der Waals surface area contributed by atoms with Crippen molar-refractivity contribution in [2.75, 3.05) is 30.2 Å². The van der Waals surface area contributed by atoms with E-state index in [2.05, 4.69) is 15.6 Å². The third-order valence-corrected chi connectivity index (χ3v) is 6.54. The first-order valence-electron chi connectivity index (χ1n) is 9.40. The van der Waals surface area contributed by atoms with Gasteiger partial charge in [0.15, 0.2) is 5.96 Å². The van der Waals surface area contributed by atoms with Crippen LogP contribution in [-0.4, -0.2) is 40.3 Å². The minimum absolute atomic E-state index is 0. The van der Waals surface area contributed by atoms with Gasteiger partial charge >= 0.3 is 6.18 Å². The number of sulfonamides is 1. The molecule has 0 aromatic heterocycles. The number of halogens is 4. The van der Waals surface area contributed by atoms with E-state index in [1.54, 1.807) is 12.1 Å². The lowest BCUT2D eigenvalue weighted by Crippen LogP contribution is -2.41. The van der Waals surface area contributed by atoms with Gasteiger partial charge in [0.2, 0.25) is 10.0 Å². The fourth-order valence-electron chi connectivity index (χ4n) is 3.27. The number of nitrogens with zero attached hydrogens (tertiary/aromatic N) is 2. The topological polar surface area (TPSA) is 73.8 Å². The van der Waals surface area contributed by atoms with Gasteiger partial charge in [-0.25, -0.2) is 8.42 Å². The molecule has 170 valence electrons. The number of rotatable bonds is 6. The second-order valence-electron chi connectivity index (χ2n) is 6.82. The minimum Gasteiger partial charge on any atom is -0.355 e. The summed E-state index contributed by atoms with van der Waals surface area (Å²) >= 11 is 0. The average Bonchev–Trinajstić information content (AvgIpc) is 3.15. The van der Waals surface area contributed by atoms with Crippen LogP contribution in [0.25, 0.3) is 0 Å². The molecule has 31 heavy (non-hydrogen) atoms. The van der Waals surface area contributed by atoms with Crippen molar-refractivity contribution in [3.8, 4) is 0 Å². The Morgan fingerprint density at radius 1 is 1.13 bits per heavy atom. The van der Waals surface area contributed by atoms with Gasteiger partial charge in [0.05, 0.1) is 17.0 Å². The van der Waals surface area contributed by atoms with Crippen molar-refractivity contribution in [2.24, 2.45) is 4.99 Å². The van der Waals surface area contributed by atoms with Gasteiger partial charge in [-0.05, 0) is 35.7 Å². The van der Waals surface area contributed by atoms with Crippen LogP contribution in [0.15, 0.2) is 53.5 Å². The highest BCUT2D eigenvalue weighted by molar-refractivity contribution is 14.0. The zero-order chi connectivity index (χ0) is 21.8. The number of hydrogen-bond acceptors (Lipinski definition) is 3. The summed E-state index contributed by atoms with van der Waals surface area (Å²) in [6, 6.07) is 12.4. The standard InChI is InChI=1S/C20H23F3N4O2S.HI/c1-24-19(26-14-15-5-4-7-17(13-15)20(21,22)23)25-10-12-30(28,29)27-11-9-16-6-2-3-8-18(16)27;/h2-8,13H,9-12,14H2,1H3,(H2,24,25,26);1H. The largest absolute Gasteiger partial charge is 0.416 e. The Morgan fingerprint density at radius 3 is 2.58 bits per heavy atom. The first-order valence-corrected chi connectivity index (χ1v) is 11.0. The zero-order valence-corrected chi connectivity index (χ0v) is 20.0. The summed E-state index contributed by atoms with van der Waals surface area (Å²) in [6.07, 6.45) is -3.72. The smallest absolute Gasteiger partial charge is 0.355 e. The summed E-state index contributed by atoms with van der Waals surface area (Å²) in [5.41, 5.74) is 1.44. The molecule has 1 aliphatic rings. The number of para-hydroxylation sites is 1. The highest BCUT2D eigenvalue weighted by Gasteiger charge is 2.30. The van der Waals surface area contributed by atoms with E-state index in [1.807, 2.05) is 18.2 Å². The lowest BCUT2D eigenvalue weighted by molar-refractivity contribution is -0.137. The lowest BCUT2D eigenvalue weighted by Gasteiger charge is -2.20. The molecular formula is C20H24F3IN4O2S. The van der Waals surface area contributed by atoms with Gasteiger partial charge in [-0.15, -0.1) is 24.0 Å². The van der Waals surface area contributed by atoms with Crippen molar-refractivity contribution in [3.63, 3.8) is 0 Å². The lowest BCUT2D eigenvalue weighted by atomic mass is 10.1. The van der Waals surface area contributed by atoms with Crippen LogP contribution >= 0.6 is 24.0 Å². The zero-order valence-electron chi connectivity index (χ0n) is 16.8. The van der Waals surface area contributed by atoms with Crippen LogP contribution in [0.5, 0.6) is 0 Å². The minimum atomic E-state index is -4.40. The number of hydrogen-bond donors (Lipinski definition) is 2. The maximum absolute atomic E-state index is 12.8. The summed E-state index contributed by atoms with van der Waals surface area (Å²) < 4.78 is 65.3. The van der Waals surface area contributed by atoms with E-state index in [9.17, 15) is 21.6 Å². The molecule has 0 atom stereocenters. The van der Waals surface area contributed by atoms with Crippen LogP contribution in [0.4, 0.5) is 18.9 Å².